The van der Waals surface area contributed by atoms with Crippen molar-refractivity contribution in [2.75, 3.05) is 16.8 Å². The molecule has 0 aliphatic carbocycles. The number of hydrogen-bond donors (Lipinski definition) is 1. The second-order valence-corrected chi connectivity index (χ2v) is 6.92. The Morgan fingerprint density at radius 2 is 1.80 bits per heavy atom. The van der Waals surface area contributed by atoms with Gasteiger partial charge in [-0.05, 0) is 36.1 Å². The summed E-state index contributed by atoms with van der Waals surface area (Å²) in [4.78, 5) is 26.9. The van der Waals surface area contributed by atoms with E-state index < -0.39 is 0 Å². The van der Waals surface area contributed by atoms with Crippen molar-refractivity contribution in [2.24, 2.45) is 5.92 Å². The fourth-order valence-electron chi connectivity index (χ4n) is 3.33. The summed E-state index contributed by atoms with van der Waals surface area (Å²) in [5.74, 6) is -0.0818. The molecule has 2 aromatic rings. The second-order valence-electron chi connectivity index (χ2n) is 6.92. The van der Waals surface area contributed by atoms with Gasteiger partial charge < -0.3 is 10.2 Å². The molecule has 0 saturated carbocycles. The number of nitrogens with one attached hydrogen (secondary N) is 1. The van der Waals surface area contributed by atoms with E-state index in [0.29, 0.717) is 12.5 Å². The third-order valence-corrected chi connectivity index (χ3v) is 4.74. The van der Waals surface area contributed by atoms with Gasteiger partial charge in [-0.3, -0.25) is 9.59 Å². The van der Waals surface area contributed by atoms with Gasteiger partial charge in [-0.15, -0.1) is 0 Å². The molecule has 4 nitrogen and oxygen atoms in total. The Morgan fingerprint density at radius 3 is 2.52 bits per heavy atom. The Balaban J connectivity index is 1.75. The van der Waals surface area contributed by atoms with Crippen molar-refractivity contribution in [2.45, 2.75) is 33.1 Å². The van der Waals surface area contributed by atoms with Gasteiger partial charge in [0.2, 0.25) is 11.8 Å². The first-order valence-electron chi connectivity index (χ1n) is 8.73. The molecule has 1 aliphatic heterocycles. The lowest BCUT2D eigenvalue weighted by Gasteiger charge is -2.19. The Labute approximate surface area is 148 Å². The van der Waals surface area contributed by atoms with Gasteiger partial charge in [0.1, 0.15) is 0 Å². The number of amides is 2. The van der Waals surface area contributed by atoms with Crippen molar-refractivity contribution in [3.8, 4) is 0 Å². The Bertz CT molecular complexity index is 798. The number of hydrogen-bond acceptors (Lipinski definition) is 2. The predicted molar refractivity (Wildman–Crippen MR) is 101 cm³/mol. The number of para-hydroxylation sites is 2. The highest BCUT2D eigenvalue weighted by Gasteiger charge is 2.35. The van der Waals surface area contributed by atoms with Crippen molar-refractivity contribution in [3.63, 3.8) is 0 Å². The first kappa shape index (κ1) is 17.2. The summed E-state index contributed by atoms with van der Waals surface area (Å²) in [7, 11) is 0. The third-order valence-electron chi connectivity index (χ3n) is 4.74. The van der Waals surface area contributed by atoms with Gasteiger partial charge >= 0.3 is 0 Å². The fourth-order valence-corrected chi connectivity index (χ4v) is 3.33. The molecule has 1 saturated heterocycles. The van der Waals surface area contributed by atoms with Gasteiger partial charge in [0.25, 0.3) is 0 Å². The van der Waals surface area contributed by atoms with Crippen LogP contribution in [0.1, 0.15) is 37.3 Å². The first-order chi connectivity index (χ1) is 12.0. The fraction of sp³-hybridized carbons (Fsp3) is 0.333. The maximum Gasteiger partial charge on any atom is 0.229 e. The molecule has 0 radical (unpaired) electrons. The zero-order valence-corrected chi connectivity index (χ0v) is 15.0. The SMILES string of the molecule is Cc1ccccc1N1CC(C(=O)Nc2ccccc2C(C)C)CC1=O. The van der Waals surface area contributed by atoms with Crippen LogP contribution in [0.25, 0.3) is 0 Å². The molecule has 2 aromatic carbocycles. The predicted octanol–water partition coefficient (Wildman–Crippen LogP) is 4.11. The van der Waals surface area contributed by atoms with Gasteiger partial charge in [-0.1, -0.05) is 50.2 Å². The molecule has 25 heavy (non-hydrogen) atoms. The average molecular weight is 336 g/mol. The second kappa shape index (κ2) is 7.09. The van der Waals surface area contributed by atoms with Gasteiger partial charge in [0.15, 0.2) is 0 Å². The molecule has 130 valence electrons. The quantitative estimate of drug-likeness (QED) is 0.913. The van der Waals surface area contributed by atoms with E-state index >= 15 is 0 Å². The van der Waals surface area contributed by atoms with Crippen LogP contribution in [0.4, 0.5) is 11.4 Å². The van der Waals surface area contributed by atoms with E-state index in [2.05, 4.69) is 19.2 Å². The minimum Gasteiger partial charge on any atom is -0.326 e. The van der Waals surface area contributed by atoms with Crippen molar-refractivity contribution in [3.05, 3.63) is 59.7 Å². The minimum absolute atomic E-state index is 0.00611. The van der Waals surface area contributed by atoms with E-state index in [-0.39, 0.29) is 24.2 Å². The highest BCUT2D eigenvalue weighted by molar-refractivity contribution is 6.04. The van der Waals surface area contributed by atoms with Crippen LogP contribution in [0.2, 0.25) is 0 Å². The molecule has 1 atom stereocenters. The van der Waals surface area contributed by atoms with Crippen LogP contribution in [0.5, 0.6) is 0 Å². The number of benzene rings is 2. The van der Waals surface area contributed by atoms with Gasteiger partial charge in [-0.25, -0.2) is 0 Å². The lowest BCUT2D eigenvalue weighted by Crippen LogP contribution is -2.28. The molecule has 1 aliphatic rings. The molecule has 0 aromatic heterocycles. The van der Waals surface area contributed by atoms with Gasteiger partial charge in [0, 0.05) is 24.3 Å². The minimum atomic E-state index is -0.327. The molecule has 1 heterocycles. The zero-order valence-electron chi connectivity index (χ0n) is 15.0. The number of nitrogens with zero attached hydrogens (tertiary/aromatic N) is 1. The number of anilines is 2. The molecule has 1 fully saturated rings. The highest BCUT2D eigenvalue weighted by atomic mass is 16.2. The monoisotopic (exact) mass is 336 g/mol. The first-order valence-corrected chi connectivity index (χ1v) is 8.73. The van der Waals surface area contributed by atoms with Crippen LogP contribution in [-0.2, 0) is 9.59 Å². The molecule has 2 amide bonds. The van der Waals surface area contributed by atoms with E-state index in [0.717, 1.165) is 22.5 Å². The zero-order chi connectivity index (χ0) is 18.0. The molecule has 0 spiro atoms. The molecule has 3 rings (SSSR count). The van der Waals surface area contributed by atoms with E-state index in [4.69, 9.17) is 0 Å². The van der Waals surface area contributed by atoms with E-state index in [1.54, 1.807) is 4.90 Å². The number of aryl methyl sites for hydroxylation is 1. The smallest absolute Gasteiger partial charge is 0.229 e. The lowest BCUT2D eigenvalue weighted by atomic mass is 10.0. The van der Waals surface area contributed by atoms with Crippen LogP contribution >= 0.6 is 0 Å². The third kappa shape index (κ3) is 3.58. The maximum atomic E-state index is 12.7. The topological polar surface area (TPSA) is 49.4 Å². The van der Waals surface area contributed by atoms with Crippen LogP contribution < -0.4 is 10.2 Å². The number of carbonyl (C=O) groups is 2. The van der Waals surface area contributed by atoms with Crippen molar-refractivity contribution in [1.82, 2.24) is 0 Å². The molecule has 1 N–H and O–H groups in total. The Hall–Kier alpha value is -2.62. The molecular weight excluding hydrogens is 312 g/mol. The summed E-state index contributed by atoms with van der Waals surface area (Å²) in [6.45, 7) is 6.61. The van der Waals surface area contributed by atoms with Gasteiger partial charge in [0.05, 0.1) is 5.92 Å². The summed E-state index contributed by atoms with van der Waals surface area (Å²) in [6.07, 6.45) is 0.254. The largest absolute Gasteiger partial charge is 0.326 e. The van der Waals surface area contributed by atoms with Crippen LogP contribution in [0, 0.1) is 12.8 Å². The normalized spacial score (nSPS) is 17.2. The van der Waals surface area contributed by atoms with E-state index in [1.165, 1.54) is 0 Å². The summed E-state index contributed by atoms with van der Waals surface area (Å²) in [5, 5.41) is 3.02. The molecule has 4 heteroatoms. The standard InChI is InChI=1S/C21H24N2O2/c1-14(2)17-9-5-6-10-18(17)22-21(25)16-12-20(24)23(13-16)19-11-7-4-8-15(19)3/h4-11,14,16H,12-13H2,1-3H3,(H,22,25). The van der Waals surface area contributed by atoms with Crippen LogP contribution in [-0.4, -0.2) is 18.4 Å². The summed E-state index contributed by atoms with van der Waals surface area (Å²) < 4.78 is 0. The molecule has 1 unspecified atom stereocenters. The summed E-state index contributed by atoms with van der Waals surface area (Å²) in [6, 6.07) is 15.6. The highest BCUT2D eigenvalue weighted by Crippen LogP contribution is 2.29. The Morgan fingerprint density at radius 1 is 1.12 bits per heavy atom. The number of carbonyl (C=O) groups excluding carboxylic acids is 2. The van der Waals surface area contributed by atoms with Crippen molar-refractivity contribution >= 4 is 23.2 Å². The summed E-state index contributed by atoms with van der Waals surface area (Å²) >= 11 is 0. The molecular formula is C21H24N2O2. The average Bonchev–Trinajstić information content (AvgIpc) is 2.97. The van der Waals surface area contributed by atoms with Gasteiger partial charge in [-0.2, -0.15) is 0 Å². The number of rotatable bonds is 4. The van der Waals surface area contributed by atoms with E-state index in [9.17, 15) is 9.59 Å². The van der Waals surface area contributed by atoms with Crippen LogP contribution in [0.15, 0.2) is 48.5 Å². The maximum absolute atomic E-state index is 12.7. The lowest BCUT2D eigenvalue weighted by molar-refractivity contribution is -0.122. The van der Waals surface area contributed by atoms with E-state index in [1.807, 2.05) is 55.5 Å². The van der Waals surface area contributed by atoms with Crippen molar-refractivity contribution < 1.29 is 9.59 Å². The Kier molecular flexibility index (Phi) is 4.88. The summed E-state index contributed by atoms with van der Waals surface area (Å²) in [5.41, 5.74) is 3.88. The van der Waals surface area contributed by atoms with Crippen LogP contribution in [0.3, 0.4) is 0 Å². The van der Waals surface area contributed by atoms with Crippen molar-refractivity contribution in [1.29, 1.82) is 0 Å². The molecule has 0 bridgehead atoms.